The highest BCUT2D eigenvalue weighted by Gasteiger charge is 2.14. The number of ether oxygens (including phenoxy) is 2. The van der Waals surface area contributed by atoms with Crippen molar-refractivity contribution >= 4 is 21.6 Å². The minimum atomic E-state index is 0.0856. The Morgan fingerprint density at radius 2 is 2.50 bits per heavy atom. The van der Waals surface area contributed by atoms with E-state index in [9.17, 15) is 0 Å². The standard InChI is InChI=1S/C11H13BrN4O2/c12-9-6-14-10-1-2-11(15-16(9)10)18-7-8-5-13-3-4-17-8/h1-2,6,8,13H,3-5,7H2/t8-/m1/s1. The van der Waals surface area contributed by atoms with Gasteiger partial charge in [0.1, 0.15) is 17.3 Å². The Hall–Kier alpha value is -1.18. The average Bonchev–Trinajstić information content (AvgIpc) is 2.79. The zero-order chi connectivity index (χ0) is 12.4. The molecule has 1 fully saturated rings. The van der Waals surface area contributed by atoms with Crippen molar-refractivity contribution in [1.29, 1.82) is 0 Å². The van der Waals surface area contributed by atoms with Crippen LogP contribution in [0.2, 0.25) is 0 Å². The molecule has 0 bridgehead atoms. The summed E-state index contributed by atoms with van der Waals surface area (Å²) in [5, 5.41) is 7.59. The predicted octanol–water partition coefficient (Wildman–Crippen LogP) is 0.859. The molecule has 0 aliphatic carbocycles. The van der Waals surface area contributed by atoms with Crippen molar-refractivity contribution in [1.82, 2.24) is 19.9 Å². The van der Waals surface area contributed by atoms with Crippen molar-refractivity contribution in [3.63, 3.8) is 0 Å². The maximum Gasteiger partial charge on any atom is 0.231 e. The van der Waals surface area contributed by atoms with E-state index in [0.29, 0.717) is 12.5 Å². The monoisotopic (exact) mass is 312 g/mol. The van der Waals surface area contributed by atoms with Crippen molar-refractivity contribution in [3.8, 4) is 5.88 Å². The van der Waals surface area contributed by atoms with Crippen LogP contribution in [0.15, 0.2) is 22.9 Å². The summed E-state index contributed by atoms with van der Waals surface area (Å²) in [6.45, 7) is 2.95. The summed E-state index contributed by atoms with van der Waals surface area (Å²) in [4.78, 5) is 4.17. The number of morpholine rings is 1. The number of imidazole rings is 1. The zero-order valence-corrected chi connectivity index (χ0v) is 11.3. The third-order valence-electron chi connectivity index (χ3n) is 2.72. The number of hydrogen-bond acceptors (Lipinski definition) is 5. The summed E-state index contributed by atoms with van der Waals surface area (Å²) in [7, 11) is 0. The van der Waals surface area contributed by atoms with E-state index in [-0.39, 0.29) is 6.10 Å². The summed E-state index contributed by atoms with van der Waals surface area (Å²) in [6, 6.07) is 3.68. The molecule has 0 spiro atoms. The predicted molar refractivity (Wildman–Crippen MR) is 68.8 cm³/mol. The second-order valence-corrected chi connectivity index (χ2v) is 4.84. The molecule has 3 rings (SSSR count). The van der Waals surface area contributed by atoms with Gasteiger partial charge in [-0.05, 0) is 22.0 Å². The Balaban J connectivity index is 1.68. The molecule has 1 saturated heterocycles. The van der Waals surface area contributed by atoms with Gasteiger partial charge >= 0.3 is 0 Å². The molecule has 1 aliphatic rings. The van der Waals surface area contributed by atoms with Crippen molar-refractivity contribution in [3.05, 3.63) is 22.9 Å². The quantitative estimate of drug-likeness (QED) is 0.911. The van der Waals surface area contributed by atoms with E-state index in [1.165, 1.54) is 0 Å². The van der Waals surface area contributed by atoms with Gasteiger partial charge in [-0.1, -0.05) is 0 Å². The molecule has 96 valence electrons. The van der Waals surface area contributed by atoms with Crippen LogP contribution in [0, 0.1) is 0 Å². The fraction of sp³-hybridized carbons (Fsp3) is 0.455. The lowest BCUT2D eigenvalue weighted by Crippen LogP contribution is -2.41. The molecule has 0 radical (unpaired) electrons. The Labute approximate surface area is 112 Å². The molecule has 0 saturated carbocycles. The number of aromatic nitrogens is 3. The van der Waals surface area contributed by atoms with E-state index in [1.54, 1.807) is 10.7 Å². The highest BCUT2D eigenvalue weighted by molar-refractivity contribution is 9.10. The third kappa shape index (κ3) is 2.47. The van der Waals surface area contributed by atoms with Crippen LogP contribution in [0.5, 0.6) is 5.88 Å². The van der Waals surface area contributed by atoms with Gasteiger partial charge in [-0.25, -0.2) is 9.50 Å². The van der Waals surface area contributed by atoms with Crippen LogP contribution in [0.4, 0.5) is 0 Å². The fourth-order valence-corrected chi connectivity index (χ4v) is 2.17. The van der Waals surface area contributed by atoms with Gasteiger partial charge in [0.2, 0.25) is 5.88 Å². The van der Waals surface area contributed by atoms with Gasteiger partial charge in [0.25, 0.3) is 0 Å². The van der Waals surface area contributed by atoms with Crippen molar-refractivity contribution in [2.45, 2.75) is 6.10 Å². The van der Waals surface area contributed by atoms with Crippen LogP contribution in [0.1, 0.15) is 0 Å². The van der Waals surface area contributed by atoms with Gasteiger partial charge in [-0.2, -0.15) is 0 Å². The van der Waals surface area contributed by atoms with E-state index in [1.807, 2.05) is 12.1 Å². The highest BCUT2D eigenvalue weighted by atomic mass is 79.9. The molecule has 0 unspecified atom stereocenters. The molecule has 0 aromatic carbocycles. The number of halogens is 1. The minimum absolute atomic E-state index is 0.0856. The molecule has 2 aromatic rings. The fourth-order valence-electron chi connectivity index (χ4n) is 1.81. The Kier molecular flexibility index (Phi) is 3.44. The molecule has 6 nitrogen and oxygen atoms in total. The number of fused-ring (bicyclic) bond motifs is 1. The van der Waals surface area contributed by atoms with Crippen molar-refractivity contribution in [2.24, 2.45) is 0 Å². The first-order valence-corrected chi connectivity index (χ1v) is 6.57. The summed E-state index contributed by atoms with van der Waals surface area (Å²) < 4.78 is 13.7. The molecular formula is C11H13BrN4O2. The van der Waals surface area contributed by atoms with Gasteiger partial charge in [-0.15, -0.1) is 5.10 Å². The van der Waals surface area contributed by atoms with E-state index in [2.05, 4.69) is 31.3 Å². The van der Waals surface area contributed by atoms with Gasteiger partial charge in [0.05, 0.1) is 12.8 Å². The number of nitrogens with zero attached hydrogens (tertiary/aromatic N) is 3. The van der Waals surface area contributed by atoms with Crippen LogP contribution in [0.25, 0.3) is 5.65 Å². The Morgan fingerprint density at radius 3 is 3.33 bits per heavy atom. The van der Waals surface area contributed by atoms with Crippen LogP contribution in [-0.2, 0) is 4.74 Å². The first-order valence-electron chi connectivity index (χ1n) is 5.78. The lowest BCUT2D eigenvalue weighted by molar-refractivity contribution is -0.000979. The summed E-state index contributed by atoms with van der Waals surface area (Å²) in [6.07, 6.45) is 1.79. The van der Waals surface area contributed by atoms with Crippen LogP contribution >= 0.6 is 15.9 Å². The lowest BCUT2D eigenvalue weighted by Gasteiger charge is -2.23. The summed E-state index contributed by atoms with van der Waals surface area (Å²) in [5.74, 6) is 0.565. The molecule has 1 aliphatic heterocycles. The molecular weight excluding hydrogens is 300 g/mol. The number of hydrogen-bond donors (Lipinski definition) is 1. The third-order valence-corrected chi connectivity index (χ3v) is 3.26. The van der Waals surface area contributed by atoms with Gasteiger partial charge in [0, 0.05) is 19.2 Å². The molecule has 3 heterocycles. The molecule has 7 heteroatoms. The molecule has 18 heavy (non-hydrogen) atoms. The van der Waals surface area contributed by atoms with E-state index in [4.69, 9.17) is 9.47 Å². The minimum Gasteiger partial charge on any atom is -0.474 e. The van der Waals surface area contributed by atoms with Gasteiger partial charge in [-0.3, -0.25) is 0 Å². The normalized spacial score (nSPS) is 20.2. The highest BCUT2D eigenvalue weighted by Crippen LogP contribution is 2.15. The second kappa shape index (κ2) is 5.21. The zero-order valence-electron chi connectivity index (χ0n) is 9.67. The maximum absolute atomic E-state index is 5.63. The smallest absolute Gasteiger partial charge is 0.231 e. The Bertz CT molecular complexity index is 539. The first-order chi connectivity index (χ1) is 8.83. The first kappa shape index (κ1) is 11.9. The second-order valence-electron chi connectivity index (χ2n) is 4.03. The van der Waals surface area contributed by atoms with Gasteiger partial charge in [0.15, 0.2) is 5.65 Å². The number of nitrogens with one attached hydrogen (secondary N) is 1. The summed E-state index contributed by atoms with van der Waals surface area (Å²) in [5.41, 5.74) is 0.782. The molecule has 0 amide bonds. The van der Waals surface area contributed by atoms with E-state index in [0.717, 1.165) is 29.9 Å². The van der Waals surface area contributed by atoms with Crippen LogP contribution in [-0.4, -0.2) is 47.0 Å². The Morgan fingerprint density at radius 1 is 1.56 bits per heavy atom. The molecule has 1 N–H and O–H groups in total. The largest absolute Gasteiger partial charge is 0.474 e. The topological polar surface area (TPSA) is 60.7 Å². The lowest BCUT2D eigenvalue weighted by atomic mass is 10.3. The van der Waals surface area contributed by atoms with E-state index >= 15 is 0 Å². The van der Waals surface area contributed by atoms with Gasteiger partial charge < -0.3 is 14.8 Å². The van der Waals surface area contributed by atoms with Crippen molar-refractivity contribution < 1.29 is 9.47 Å². The van der Waals surface area contributed by atoms with E-state index < -0.39 is 0 Å². The van der Waals surface area contributed by atoms with Crippen LogP contribution < -0.4 is 10.1 Å². The molecule has 1 atom stereocenters. The SMILES string of the molecule is Brc1cnc2ccc(OC[C@H]3CNCCO3)nn12. The average molecular weight is 313 g/mol. The summed E-state index contributed by atoms with van der Waals surface area (Å²) >= 11 is 3.38. The maximum atomic E-state index is 5.63. The van der Waals surface area contributed by atoms with Crippen molar-refractivity contribution in [2.75, 3.05) is 26.3 Å². The number of rotatable bonds is 3. The van der Waals surface area contributed by atoms with Crippen LogP contribution in [0.3, 0.4) is 0 Å². The molecule has 2 aromatic heterocycles.